The van der Waals surface area contributed by atoms with E-state index in [1.165, 1.54) is 12.8 Å². The maximum Gasteiger partial charge on any atom is 0.151 e. The number of hydrogen-bond acceptors (Lipinski definition) is 5. The zero-order chi connectivity index (χ0) is 15.4. The highest BCUT2D eigenvalue weighted by Crippen LogP contribution is 2.21. The number of nitrogens with one attached hydrogen (secondary N) is 1. The van der Waals surface area contributed by atoms with E-state index in [1.807, 2.05) is 12.1 Å². The van der Waals surface area contributed by atoms with E-state index in [0.29, 0.717) is 6.04 Å². The summed E-state index contributed by atoms with van der Waals surface area (Å²) < 4.78 is 5.85. The van der Waals surface area contributed by atoms with E-state index in [0.717, 1.165) is 36.8 Å². The predicted octanol–water partition coefficient (Wildman–Crippen LogP) is 2.95. The Hall–Kier alpha value is -1.88. The molecule has 3 rings (SSSR count). The number of nitrogens with zero attached hydrogens (tertiary/aromatic N) is 3. The number of aromatic nitrogens is 2. The summed E-state index contributed by atoms with van der Waals surface area (Å²) in [5.74, 6) is 3.04. The van der Waals surface area contributed by atoms with Crippen LogP contribution in [0.25, 0.3) is 0 Å². The van der Waals surface area contributed by atoms with Crippen LogP contribution >= 0.6 is 0 Å². The summed E-state index contributed by atoms with van der Waals surface area (Å²) in [4.78, 5) is 2.31. The highest BCUT2D eigenvalue weighted by atomic mass is 16.3. The van der Waals surface area contributed by atoms with E-state index >= 15 is 0 Å². The Balaban J connectivity index is 1.60. The van der Waals surface area contributed by atoms with Gasteiger partial charge in [-0.1, -0.05) is 6.92 Å². The minimum atomic E-state index is 0.229. The molecule has 1 N–H and O–H groups in total. The van der Waals surface area contributed by atoms with Gasteiger partial charge in [0.05, 0.1) is 6.04 Å². The molecule has 118 valence electrons. The second kappa shape index (κ2) is 6.92. The summed E-state index contributed by atoms with van der Waals surface area (Å²) in [6.07, 6.45) is 5.01. The van der Waals surface area contributed by atoms with E-state index in [4.69, 9.17) is 4.42 Å². The van der Waals surface area contributed by atoms with Gasteiger partial charge < -0.3 is 14.6 Å². The molecule has 1 fully saturated rings. The topological polar surface area (TPSA) is 54.2 Å². The first-order chi connectivity index (χ1) is 10.8. The highest BCUT2D eigenvalue weighted by Gasteiger charge is 2.23. The average molecular weight is 300 g/mol. The zero-order valence-electron chi connectivity index (χ0n) is 13.3. The number of furan rings is 1. The van der Waals surface area contributed by atoms with Gasteiger partial charge in [-0.05, 0) is 44.0 Å². The van der Waals surface area contributed by atoms with Gasteiger partial charge in [0, 0.05) is 31.7 Å². The van der Waals surface area contributed by atoms with Gasteiger partial charge in [-0.15, -0.1) is 5.10 Å². The number of hydrogen-bond donors (Lipinski definition) is 1. The van der Waals surface area contributed by atoms with E-state index in [2.05, 4.69) is 46.4 Å². The third-order valence-corrected chi connectivity index (χ3v) is 4.25. The molecule has 0 radical (unpaired) electrons. The largest absolute Gasteiger partial charge is 0.464 e. The molecule has 0 saturated carbocycles. The minimum Gasteiger partial charge on any atom is -0.464 e. The smallest absolute Gasteiger partial charge is 0.151 e. The first kappa shape index (κ1) is 15.0. The summed E-state index contributed by atoms with van der Waals surface area (Å²) >= 11 is 0. The lowest BCUT2D eigenvalue weighted by Crippen LogP contribution is -2.46. The van der Waals surface area contributed by atoms with Crippen LogP contribution in [0.4, 0.5) is 5.82 Å². The van der Waals surface area contributed by atoms with Crippen molar-refractivity contribution in [2.45, 2.75) is 45.2 Å². The van der Waals surface area contributed by atoms with Crippen molar-refractivity contribution in [3.63, 3.8) is 0 Å². The van der Waals surface area contributed by atoms with Crippen LogP contribution in [0.3, 0.4) is 0 Å². The molecule has 2 atom stereocenters. The second-order valence-electron chi connectivity index (χ2n) is 5.91. The van der Waals surface area contributed by atoms with Crippen molar-refractivity contribution in [3.05, 3.63) is 42.0 Å². The molecule has 0 spiro atoms. The highest BCUT2D eigenvalue weighted by molar-refractivity contribution is 5.37. The fourth-order valence-electron chi connectivity index (χ4n) is 3.04. The molecule has 1 aliphatic heterocycles. The van der Waals surface area contributed by atoms with E-state index in [9.17, 15) is 0 Å². The van der Waals surface area contributed by atoms with Crippen molar-refractivity contribution in [2.75, 3.05) is 18.0 Å². The van der Waals surface area contributed by atoms with Gasteiger partial charge in [0.25, 0.3) is 0 Å². The molecule has 2 aromatic heterocycles. The Morgan fingerprint density at radius 3 is 3.05 bits per heavy atom. The zero-order valence-corrected chi connectivity index (χ0v) is 13.3. The Bertz CT molecular complexity index is 583. The maximum absolute atomic E-state index is 5.85. The molecular weight excluding hydrogens is 276 g/mol. The Kier molecular flexibility index (Phi) is 4.73. The third-order valence-electron chi connectivity index (χ3n) is 4.25. The van der Waals surface area contributed by atoms with E-state index in [-0.39, 0.29) is 6.04 Å². The fourth-order valence-corrected chi connectivity index (χ4v) is 3.04. The van der Waals surface area contributed by atoms with Crippen LogP contribution in [0.2, 0.25) is 0 Å². The Labute approximate surface area is 131 Å². The minimum absolute atomic E-state index is 0.229. The van der Waals surface area contributed by atoms with Gasteiger partial charge in [0.2, 0.25) is 0 Å². The summed E-state index contributed by atoms with van der Waals surface area (Å²) in [6.45, 7) is 6.29. The lowest BCUT2D eigenvalue weighted by atomic mass is 10.0. The molecule has 1 aliphatic rings. The van der Waals surface area contributed by atoms with E-state index < -0.39 is 0 Å². The van der Waals surface area contributed by atoms with Gasteiger partial charge in [-0.25, -0.2) is 0 Å². The van der Waals surface area contributed by atoms with Crippen LogP contribution in [0, 0.1) is 0 Å². The molecule has 22 heavy (non-hydrogen) atoms. The normalized spacial score (nSPS) is 20.1. The van der Waals surface area contributed by atoms with Crippen LogP contribution < -0.4 is 10.2 Å². The van der Waals surface area contributed by atoms with Crippen molar-refractivity contribution in [1.82, 2.24) is 15.5 Å². The van der Waals surface area contributed by atoms with Gasteiger partial charge in [0.1, 0.15) is 11.5 Å². The van der Waals surface area contributed by atoms with Crippen LogP contribution in [0.1, 0.15) is 44.3 Å². The Morgan fingerprint density at radius 2 is 2.32 bits per heavy atom. The molecule has 0 aliphatic carbocycles. The van der Waals surface area contributed by atoms with Crippen LogP contribution in [-0.4, -0.2) is 29.3 Å². The molecule has 0 amide bonds. The maximum atomic E-state index is 5.85. The summed E-state index contributed by atoms with van der Waals surface area (Å²) in [7, 11) is 0. The summed E-state index contributed by atoms with van der Waals surface area (Å²) in [5.41, 5.74) is 0. The van der Waals surface area contributed by atoms with Crippen molar-refractivity contribution in [1.29, 1.82) is 0 Å². The van der Waals surface area contributed by atoms with Crippen LogP contribution in [0.5, 0.6) is 0 Å². The number of anilines is 1. The lowest BCUT2D eigenvalue weighted by molar-refractivity contribution is 0.345. The van der Waals surface area contributed by atoms with Crippen molar-refractivity contribution < 1.29 is 4.42 Å². The van der Waals surface area contributed by atoms with Crippen LogP contribution in [0.15, 0.2) is 34.9 Å². The first-order valence-corrected chi connectivity index (χ1v) is 8.13. The lowest BCUT2D eigenvalue weighted by Gasteiger charge is -2.34. The summed E-state index contributed by atoms with van der Waals surface area (Å²) in [5, 5.41) is 11.9. The van der Waals surface area contributed by atoms with E-state index in [1.54, 1.807) is 6.20 Å². The average Bonchev–Trinajstić information content (AvgIpc) is 3.05. The van der Waals surface area contributed by atoms with Gasteiger partial charge >= 0.3 is 0 Å². The number of piperidine rings is 1. The monoisotopic (exact) mass is 300 g/mol. The fraction of sp³-hybridized carbons (Fsp3) is 0.529. The molecule has 0 unspecified atom stereocenters. The van der Waals surface area contributed by atoms with Gasteiger partial charge in [-0.2, -0.15) is 5.10 Å². The molecular formula is C17H24N4O. The number of aryl methyl sites for hydroxylation is 1. The molecule has 1 saturated heterocycles. The standard InChI is InChI=1S/C17H24N4O/c1-3-15-8-9-16(22-15)13(2)19-14-6-5-11-21(12-14)17-7-4-10-18-20-17/h4,7-10,13-14,19H,3,5-6,11-12H2,1-2H3/t13-,14+/m0/s1. The van der Waals surface area contributed by atoms with Crippen molar-refractivity contribution in [3.8, 4) is 0 Å². The predicted molar refractivity (Wildman–Crippen MR) is 86.9 cm³/mol. The number of rotatable bonds is 5. The molecule has 5 heteroatoms. The molecule has 2 aromatic rings. The SMILES string of the molecule is CCc1ccc([C@H](C)N[C@@H]2CCCN(c3cccnn3)C2)o1. The Morgan fingerprint density at radius 1 is 1.41 bits per heavy atom. The van der Waals surface area contributed by atoms with Crippen molar-refractivity contribution in [2.24, 2.45) is 0 Å². The van der Waals surface area contributed by atoms with Gasteiger partial charge in [0.15, 0.2) is 5.82 Å². The third kappa shape index (κ3) is 3.47. The van der Waals surface area contributed by atoms with Crippen molar-refractivity contribution >= 4 is 5.82 Å². The molecule has 5 nitrogen and oxygen atoms in total. The second-order valence-corrected chi connectivity index (χ2v) is 5.91. The first-order valence-electron chi connectivity index (χ1n) is 8.13. The summed E-state index contributed by atoms with van der Waals surface area (Å²) in [6, 6.07) is 8.80. The molecule has 0 bridgehead atoms. The van der Waals surface area contributed by atoms with Gasteiger partial charge in [-0.3, -0.25) is 0 Å². The van der Waals surface area contributed by atoms with Crippen LogP contribution in [-0.2, 0) is 6.42 Å². The molecule has 3 heterocycles. The quantitative estimate of drug-likeness (QED) is 0.920. The molecule has 0 aromatic carbocycles.